The van der Waals surface area contributed by atoms with Crippen molar-refractivity contribution in [2.24, 2.45) is 0 Å². The van der Waals surface area contributed by atoms with E-state index in [1.807, 2.05) is 48.5 Å². The summed E-state index contributed by atoms with van der Waals surface area (Å²) in [6.45, 7) is 13.4. The summed E-state index contributed by atoms with van der Waals surface area (Å²) in [7, 11) is 0. The number of carbonyl (C=O) groups is 1. The molecule has 1 fully saturated rings. The molecule has 1 aromatic heterocycles. The molecule has 0 bridgehead atoms. The first kappa shape index (κ1) is 19.0. The number of piperidine rings is 1. The van der Waals surface area contributed by atoms with Crippen LogP contribution in [-0.2, 0) is 10.3 Å². The van der Waals surface area contributed by atoms with Crippen LogP contribution in [-0.4, -0.2) is 37.8 Å². The number of anilines is 1. The predicted octanol–water partition coefficient (Wildman–Crippen LogP) is 3.50. The van der Waals surface area contributed by atoms with Crippen LogP contribution in [0.4, 0.5) is 9.93 Å². The van der Waals surface area contributed by atoms with Crippen LogP contribution in [0.25, 0.3) is 0 Å². The first-order chi connectivity index (χ1) is 10.7. The van der Waals surface area contributed by atoms with E-state index in [2.05, 4.69) is 4.98 Å². The molecule has 0 aliphatic carbocycles. The summed E-state index contributed by atoms with van der Waals surface area (Å²) in [6, 6.07) is 0. The number of ether oxygens (including phenoxy) is 1. The first-order valence-electron chi connectivity index (χ1n) is 8.14. The molecule has 0 atom stereocenters. The number of aromatic nitrogens is 1. The molecule has 1 aliphatic rings. The molecular formula is C17H29N3O3S. The molecule has 1 amide bonds. The lowest BCUT2D eigenvalue weighted by atomic mass is 9.70. The highest BCUT2D eigenvalue weighted by Gasteiger charge is 2.55. The number of nitrogens with two attached hydrogens (primary N) is 1. The van der Waals surface area contributed by atoms with Gasteiger partial charge in [0, 0.05) is 30.1 Å². The molecule has 0 saturated carbocycles. The second kappa shape index (κ2) is 5.59. The highest BCUT2D eigenvalue weighted by atomic mass is 32.1. The van der Waals surface area contributed by atoms with Crippen LogP contribution < -0.4 is 5.73 Å². The molecular weight excluding hydrogens is 326 g/mol. The summed E-state index contributed by atoms with van der Waals surface area (Å²) in [6.07, 6.45) is 2.06. The van der Waals surface area contributed by atoms with Crippen molar-refractivity contribution in [2.75, 3.05) is 5.73 Å². The summed E-state index contributed by atoms with van der Waals surface area (Å²) >= 11 is 1.30. The maximum Gasteiger partial charge on any atom is 0.411 e. The fourth-order valence-electron chi connectivity index (χ4n) is 3.95. The standard InChI is InChI=1S/C17H29N3O3S/c1-14(2,3)23-13(21)20-15(4,5)9-17(22,10-16(20,6)7)11-8-19-12(18)24-11/h8,22H,9-10H2,1-7H3,(H2,18,19). The van der Waals surface area contributed by atoms with Crippen LogP contribution >= 0.6 is 11.3 Å². The van der Waals surface area contributed by atoms with Crippen molar-refractivity contribution in [3.8, 4) is 0 Å². The Hall–Kier alpha value is -1.34. The average Bonchev–Trinajstić information content (AvgIpc) is 2.69. The molecule has 2 heterocycles. The van der Waals surface area contributed by atoms with Gasteiger partial charge < -0.3 is 15.6 Å². The Morgan fingerprint density at radius 3 is 2.17 bits per heavy atom. The number of hydrogen-bond donors (Lipinski definition) is 2. The van der Waals surface area contributed by atoms with E-state index >= 15 is 0 Å². The van der Waals surface area contributed by atoms with Gasteiger partial charge in [0.1, 0.15) is 11.2 Å². The van der Waals surface area contributed by atoms with Crippen LogP contribution in [0.15, 0.2) is 6.20 Å². The number of nitrogens with zero attached hydrogens (tertiary/aromatic N) is 2. The highest BCUT2D eigenvalue weighted by molar-refractivity contribution is 7.15. The topological polar surface area (TPSA) is 88.7 Å². The van der Waals surface area contributed by atoms with Crippen molar-refractivity contribution in [1.82, 2.24) is 9.88 Å². The van der Waals surface area contributed by atoms with E-state index < -0.39 is 22.3 Å². The fraction of sp³-hybridized carbons (Fsp3) is 0.765. The third-order valence-corrected chi connectivity index (χ3v) is 5.24. The second-order valence-electron chi connectivity index (χ2n) is 8.89. The molecule has 24 heavy (non-hydrogen) atoms. The fourth-order valence-corrected chi connectivity index (χ4v) is 4.72. The number of carbonyl (C=O) groups excluding carboxylic acids is 1. The zero-order chi connectivity index (χ0) is 18.6. The lowest BCUT2D eigenvalue weighted by Gasteiger charge is -2.57. The van der Waals surface area contributed by atoms with Crippen molar-refractivity contribution < 1.29 is 14.6 Å². The van der Waals surface area contributed by atoms with E-state index in [4.69, 9.17) is 10.5 Å². The van der Waals surface area contributed by atoms with Crippen LogP contribution in [0.5, 0.6) is 0 Å². The zero-order valence-corrected chi connectivity index (χ0v) is 16.5. The summed E-state index contributed by atoms with van der Waals surface area (Å²) in [5, 5.41) is 11.7. The number of nitrogen functional groups attached to an aromatic ring is 1. The molecule has 0 aromatic carbocycles. The number of likely N-dealkylation sites (tertiary alicyclic amines) is 1. The maximum atomic E-state index is 12.8. The number of aliphatic hydroxyl groups is 1. The first-order valence-corrected chi connectivity index (χ1v) is 8.95. The monoisotopic (exact) mass is 355 g/mol. The molecule has 0 radical (unpaired) electrons. The maximum absolute atomic E-state index is 12.8. The summed E-state index contributed by atoms with van der Waals surface area (Å²) in [5.74, 6) is 0. The number of rotatable bonds is 1. The van der Waals surface area contributed by atoms with Crippen molar-refractivity contribution in [1.29, 1.82) is 0 Å². The Morgan fingerprint density at radius 2 is 1.79 bits per heavy atom. The molecule has 1 aliphatic heterocycles. The van der Waals surface area contributed by atoms with Gasteiger partial charge in [0.25, 0.3) is 0 Å². The molecule has 1 aromatic rings. The molecule has 136 valence electrons. The van der Waals surface area contributed by atoms with Crippen molar-refractivity contribution in [3.05, 3.63) is 11.1 Å². The molecule has 6 nitrogen and oxygen atoms in total. The quantitative estimate of drug-likeness (QED) is 0.805. The molecule has 0 unspecified atom stereocenters. The lowest BCUT2D eigenvalue weighted by molar-refractivity contribution is -0.132. The van der Waals surface area contributed by atoms with E-state index in [0.29, 0.717) is 18.0 Å². The van der Waals surface area contributed by atoms with Gasteiger partial charge in [-0.15, -0.1) is 0 Å². The van der Waals surface area contributed by atoms with Crippen LogP contribution in [0.1, 0.15) is 66.2 Å². The van der Waals surface area contributed by atoms with Crippen molar-refractivity contribution in [3.63, 3.8) is 0 Å². The minimum Gasteiger partial charge on any atom is -0.444 e. The number of hydrogen-bond acceptors (Lipinski definition) is 6. The largest absolute Gasteiger partial charge is 0.444 e. The predicted molar refractivity (Wildman–Crippen MR) is 95.9 cm³/mol. The van der Waals surface area contributed by atoms with Crippen LogP contribution in [0, 0.1) is 0 Å². The molecule has 0 spiro atoms. The Morgan fingerprint density at radius 1 is 1.29 bits per heavy atom. The smallest absolute Gasteiger partial charge is 0.411 e. The molecule has 7 heteroatoms. The Labute approximate surface area is 148 Å². The van der Waals surface area contributed by atoms with E-state index in [9.17, 15) is 9.90 Å². The lowest BCUT2D eigenvalue weighted by Crippen LogP contribution is -2.66. The molecule has 3 N–H and O–H groups in total. The highest BCUT2D eigenvalue weighted by Crippen LogP contribution is 2.49. The Balaban J connectivity index is 2.37. The van der Waals surface area contributed by atoms with Gasteiger partial charge in [0.15, 0.2) is 5.13 Å². The third kappa shape index (κ3) is 3.67. The SMILES string of the molecule is CC(C)(C)OC(=O)N1C(C)(C)CC(O)(c2cnc(N)s2)CC1(C)C. The summed E-state index contributed by atoms with van der Waals surface area (Å²) in [5.41, 5.74) is 2.93. The Kier molecular flexibility index (Phi) is 4.43. The summed E-state index contributed by atoms with van der Waals surface area (Å²) in [4.78, 5) is 19.3. The summed E-state index contributed by atoms with van der Waals surface area (Å²) < 4.78 is 5.60. The molecule has 2 rings (SSSR count). The van der Waals surface area contributed by atoms with E-state index in [1.54, 1.807) is 11.1 Å². The van der Waals surface area contributed by atoms with Gasteiger partial charge in [-0.2, -0.15) is 0 Å². The minimum absolute atomic E-state index is 0.358. The molecule has 1 saturated heterocycles. The van der Waals surface area contributed by atoms with Crippen LogP contribution in [0.3, 0.4) is 0 Å². The van der Waals surface area contributed by atoms with Crippen LogP contribution in [0.2, 0.25) is 0 Å². The van der Waals surface area contributed by atoms with E-state index in [-0.39, 0.29) is 6.09 Å². The van der Waals surface area contributed by atoms with Gasteiger partial charge in [-0.25, -0.2) is 9.78 Å². The van der Waals surface area contributed by atoms with Gasteiger partial charge in [-0.3, -0.25) is 4.90 Å². The van der Waals surface area contributed by atoms with Gasteiger partial charge in [-0.05, 0) is 48.5 Å². The van der Waals surface area contributed by atoms with Gasteiger partial charge in [0.2, 0.25) is 0 Å². The van der Waals surface area contributed by atoms with Gasteiger partial charge >= 0.3 is 6.09 Å². The Bertz CT molecular complexity index is 613. The van der Waals surface area contributed by atoms with E-state index in [1.165, 1.54) is 11.3 Å². The van der Waals surface area contributed by atoms with Gasteiger partial charge in [-0.1, -0.05) is 11.3 Å². The van der Waals surface area contributed by atoms with Crippen molar-refractivity contribution in [2.45, 2.75) is 83.6 Å². The normalized spacial score (nSPS) is 22.2. The van der Waals surface area contributed by atoms with Gasteiger partial charge in [0.05, 0.1) is 4.88 Å². The van der Waals surface area contributed by atoms with Crippen molar-refractivity contribution >= 4 is 22.6 Å². The zero-order valence-electron chi connectivity index (χ0n) is 15.6. The van der Waals surface area contributed by atoms with E-state index in [0.717, 1.165) is 4.88 Å². The number of thiazole rings is 1. The number of amides is 1. The second-order valence-corrected chi connectivity index (χ2v) is 9.95. The average molecular weight is 356 g/mol. The minimum atomic E-state index is -1.07. The third-order valence-electron chi connectivity index (χ3n) is 4.22.